The van der Waals surface area contributed by atoms with Crippen LogP contribution >= 0.6 is 11.6 Å². The van der Waals surface area contributed by atoms with Crippen molar-refractivity contribution in [1.82, 2.24) is 10.0 Å². The van der Waals surface area contributed by atoms with Gasteiger partial charge in [-0.05, 0) is 105 Å². The molecule has 6 atom stereocenters. The second-order valence-electron chi connectivity index (χ2n) is 14.0. The Hall–Kier alpha value is -3.29. The molecule has 2 aliphatic carbocycles. The van der Waals surface area contributed by atoms with Crippen molar-refractivity contribution >= 4 is 39.1 Å². The number of sulfonamides is 1. The first-order valence-corrected chi connectivity index (χ1v) is 18.3. The molecule has 1 fully saturated rings. The first-order valence-electron chi connectivity index (χ1n) is 16.4. The SMILES string of the molecule is [C-]#[N+][C@@]1(NC(C)=O)CCC[C@H](C)[C@@H](C)S(=O)(=O)NC(=O)c2ccc3c(c2)N(C[C@@H]2CC[C@H]21)C[C@@]1(CCCc2cc(Cl)ccc21)CO3. The molecular formula is C35H43ClN4O5S. The number of amides is 2. The van der Waals surface area contributed by atoms with E-state index >= 15 is 0 Å². The van der Waals surface area contributed by atoms with Gasteiger partial charge >= 0.3 is 5.66 Å². The van der Waals surface area contributed by atoms with Crippen LogP contribution in [0.15, 0.2) is 36.4 Å². The molecule has 0 saturated heterocycles. The number of benzene rings is 2. The van der Waals surface area contributed by atoms with Crippen LogP contribution in [0.3, 0.4) is 0 Å². The molecule has 46 heavy (non-hydrogen) atoms. The number of halogens is 1. The van der Waals surface area contributed by atoms with Gasteiger partial charge in [0.05, 0.1) is 23.5 Å². The van der Waals surface area contributed by atoms with Gasteiger partial charge in [0, 0.05) is 42.4 Å². The Bertz CT molecular complexity index is 1690. The smallest absolute Gasteiger partial charge is 0.310 e. The van der Waals surface area contributed by atoms with Crippen LogP contribution in [-0.4, -0.2) is 50.8 Å². The van der Waals surface area contributed by atoms with Crippen molar-refractivity contribution in [2.75, 3.05) is 24.6 Å². The van der Waals surface area contributed by atoms with E-state index in [9.17, 15) is 18.0 Å². The van der Waals surface area contributed by atoms with Gasteiger partial charge in [-0.1, -0.05) is 24.6 Å². The second-order valence-corrected chi connectivity index (χ2v) is 16.5. The van der Waals surface area contributed by atoms with E-state index in [1.165, 1.54) is 18.1 Å². The van der Waals surface area contributed by atoms with E-state index in [0.29, 0.717) is 49.7 Å². The zero-order chi connectivity index (χ0) is 32.9. The molecule has 246 valence electrons. The van der Waals surface area contributed by atoms with Gasteiger partial charge in [0.1, 0.15) is 5.75 Å². The summed E-state index contributed by atoms with van der Waals surface area (Å²) in [5.41, 5.74) is 2.01. The first kappa shape index (κ1) is 32.6. The topological polar surface area (TPSA) is 109 Å². The maximum atomic E-state index is 13.5. The highest BCUT2D eigenvalue weighted by atomic mass is 35.5. The predicted octanol–water partition coefficient (Wildman–Crippen LogP) is 5.86. The number of rotatable bonds is 1. The Morgan fingerprint density at radius 1 is 1.13 bits per heavy atom. The summed E-state index contributed by atoms with van der Waals surface area (Å²) in [6.45, 7) is 14.9. The third kappa shape index (κ3) is 5.97. The summed E-state index contributed by atoms with van der Waals surface area (Å²) in [6.07, 6.45) is 6.12. The van der Waals surface area contributed by atoms with Crippen molar-refractivity contribution in [1.29, 1.82) is 0 Å². The monoisotopic (exact) mass is 666 g/mol. The Balaban J connectivity index is 1.46. The molecule has 0 radical (unpaired) electrons. The van der Waals surface area contributed by atoms with E-state index in [4.69, 9.17) is 22.9 Å². The number of anilines is 1. The largest absolute Gasteiger partial charge is 0.490 e. The van der Waals surface area contributed by atoms with Gasteiger partial charge in [-0.2, -0.15) is 0 Å². The minimum atomic E-state index is -3.98. The molecule has 1 spiro atoms. The maximum Gasteiger partial charge on any atom is 0.310 e. The molecule has 0 aromatic heterocycles. The molecule has 2 bridgehead atoms. The van der Waals surface area contributed by atoms with E-state index < -0.39 is 26.8 Å². The lowest BCUT2D eigenvalue weighted by molar-refractivity contribution is -0.122. The zero-order valence-corrected chi connectivity index (χ0v) is 28.3. The molecule has 6 rings (SSSR count). The molecule has 0 unspecified atom stereocenters. The summed E-state index contributed by atoms with van der Waals surface area (Å²) in [7, 11) is -3.98. The lowest BCUT2D eigenvalue weighted by Gasteiger charge is -2.47. The maximum absolute atomic E-state index is 13.5. The standard InChI is InChI=1S/C35H43ClN4O5S/c1-22-7-5-16-35(37-4,38-24(3)41)30-12-9-27(30)19-40-20-34(15-6-8-25-17-28(36)11-13-29(25)34)21-45-32-14-10-26(18-31(32)40)33(42)39-46(43,44)23(22)2/h10-11,13-14,17-18,22-23,27,30H,5-9,12,15-16,19-21H2,1-3H3,(H,38,41)(H,39,42)/t22-,23+,27-,30+,34-,35+/m0/s1. The number of carbonyl (C=O) groups excluding carboxylic acids is 2. The highest BCUT2D eigenvalue weighted by Gasteiger charge is 2.55. The summed E-state index contributed by atoms with van der Waals surface area (Å²) in [6, 6.07) is 11.2. The van der Waals surface area contributed by atoms with Gasteiger partial charge in [-0.25, -0.2) is 19.7 Å². The second kappa shape index (κ2) is 12.4. The number of hydrogen-bond donors (Lipinski definition) is 2. The summed E-state index contributed by atoms with van der Waals surface area (Å²) < 4.78 is 35.6. The number of ether oxygens (including phenoxy) is 1. The van der Waals surface area contributed by atoms with Gasteiger partial charge in [0.15, 0.2) is 0 Å². The van der Waals surface area contributed by atoms with Crippen LogP contribution in [0.2, 0.25) is 5.02 Å². The average Bonchev–Trinajstić information content (AvgIpc) is 3.14. The Morgan fingerprint density at radius 3 is 2.65 bits per heavy atom. The van der Waals surface area contributed by atoms with Crippen molar-refractivity contribution in [3.63, 3.8) is 0 Å². The fourth-order valence-electron chi connectivity index (χ4n) is 8.28. The molecule has 1 saturated carbocycles. The first-order chi connectivity index (χ1) is 21.9. The number of fused-ring (bicyclic) bond motifs is 4. The van der Waals surface area contributed by atoms with Crippen LogP contribution in [0.1, 0.15) is 87.2 Å². The highest BCUT2D eigenvalue weighted by Crippen LogP contribution is 2.49. The summed E-state index contributed by atoms with van der Waals surface area (Å²) in [4.78, 5) is 32.4. The Morgan fingerprint density at radius 2 is 1.93 bits per heavy atom. The molecule has 2 aromatic rings. The van der Waals surface area contributed by atoms with E-state index in [0.717, 1.165) is 37.8 Å². The van der Waals surface area contributed by atoms with Crippen LogP contribution in [0.25, 0.3) is 4.85 Å². The minimum Gasteiger partial charge on any atom is -0.490 e. The molecule has 2 N–H and O–H groups in total. The third-order valence-electron chi connectivity index (χ3n) is 11.1. The number of hydrogen-bond acceptors (Lipinski definition) is 6. The Kier molecular flexibility index (Phi) is 8.79. The Labute approximate surface area is 277 Å². The molecule has 9 nitrogen and oxygen atoms in total. The van der Waals surface area contributed by atoms with Crippen molar-refractivity contribution in [3.05, 3.63) is 69.5 Å². The van der Waals surface area contributed by atoms with Crippen molar-refractivity contribution in [2.24, 2.45) is 17.8 Å². The van der Waals surface area contributed by atoms with Crippen molar-refractivity contribution in [2.45, 2.75) is 88.5 Å². The van der Waals surface area contributed by atoms with Crippen molar-refractivity contribution in [3.8, 4) is 5.75 Å². The van der Waals surface area contributed by atoms with Gasteiger partial charge in [-0.3, -0.25) is 19.8 Å². The van der Waals surface area contributed by atoms with Gasteiger partial charge < -0.3 is 9.64 Å². The molecular weight excluding hydrogens is 624 g/mol. The molecule has 2 heterocycles. The summed E-state index contributed by atoms with van der Waals surface area (Å²) in [5, 5.41) is 2.93. The lowest BCUT2D eigenvalue weighted by Crippen LogP contribution is -2.58. The van der Waals surface area contributed by atoms with Crippen LogP contribution in [-0.2, 0) is 26.7 Å². The van der Waals surface area contributed by atoms with Crippen LogP contribution in [0.5, 0.6) is 5.75 Å². The van der Waals surface area contributed by atoms with E-state index in [1.807, 2.05) is 13.0 Å². The number of aryl methyl sites for hydroxylation is 1. The normalized spacial score (nSPS) is 32.3. The van der Waals surface area contributed by atoms with E-state index in [-0.39, 0.29) is 34.6 Å². The fourth-order valence-corrected chi connectivity index (χ4v) is 9.79. The quantitative estimate of drug-likeness (QED) is 0.369. The summed E-state index contributed by atoms with van der Waals surface area (Å²) in [5.74, 6) is -0.474. The number of nitrogens with zero attached hydrogens (tertiary/aromatic N) is 2. The minimum absolute atomic E-state index is 0.0641. The van der Waals surface area contributed by atoms with Gasteiger partial charge in [0.25, 0.3) is 5.91 Å². The zero-order valence-electron chi connectivity index (χ0n) is 26.8. The van der Waals surface area contributed by atoms with Gasteiger partial charge in [0.2, 0.25) is 15.9 Å². The average molecular weight is 667 g/mol. The van der Waals surface area contributed by atoms with Crippen LogP contribution < -0.4 is 19.7 Å². The lowest BCUT2D eigenvalue weighted by atomic mass is 9.64. The third-order valence-corrected chi connectivity index (χ3v) is 13.3. The van der Waals surface area contributed by atoms with Crippen LogP contribution in [0.4, 0.5) is 5.69 Å². The fraction of sp³-hybridized carbons (Fsp3) is 0.571. The molecule has 2 amide bonds. The number of nitrogens with one attached hydrogen (secondary N) is 2. The summed E-state index contributed by atoms with van der Waals surface area (Å²) >= 11 is 6.42. The van der Waals surface area contributed by atoms with Crippen LogP contribution in [0, 0.1) is 24.3 Å². The molecule has 4 aliphatic rings. The van der Waals surface area contributed by atoms with Crippen molar-refractivity contribution < 1.29 is 22.7 Å². The molecule has 11 heteroatoms. The number of carbonyl (C=O) groups is 2. The van der Waals surface area contributed by atoms with E-state index in [1.54, 1.807) is 25.1 Å². The van der Waals surface area contributed by atoms with Gasteiger partial charge in [-0.15, -0.1) is 0 Å². The molecule has 2 aromatic carbocycles. The predicted molar refractivity (Wildman–Crippen MR) is 178 cm³/mol. The highest BCUT2D eigenvalue weighted by molar-refractivity contribution is 7.90. The van der Waals surface area contributed by atoms with E-state index in [2.05, 4.69) is 31.9 Å². The molecule has 2 aliphatic heterocycles.